The van der Waals surface area contributed by atoms with Crippen LogP contribution in [0.25, 0.3) is 0 Å². The molecule has 122 valence electrons. The van der Waals surface area contributed by atoms with Crippen molar-refractivity contribution < 1.29 is 16.8 Å². The predicted molar refractivity (Wildman–Crippen MR) is 91.2 cm³/mol. The lowest BCUT2D eigenvalue weighted by molar-refractivity contribution is 0.597. The molecular weight excluding hydrogens is 338 g/mol. The van der Waals surface area contributed by atoms with Crippen molar-refractivity contribution in [3.8, 4) is 0 Å². The van der Waals surface area contributed by atoms with E-state index in [-0.39, 0.29) is 16.3 Å². The van der Waals surface area contributed by atoms with E-state index in [2.05, 4.69) is 14.1 Å². The van der Waals surface area contributed by atoms with Crippen LogP contribution in [0.4, 0.5) is 5.69 Å². The minimum atomic E-state index is -3.84. The van der Waals surface area contributed by atoms with Gasteiger partial charge in [0.1, 0.15) is 0 Å². The van der Waals surface area contributed by atoms with Crippen LogP contribution in [0.2, 0.25) is 0 Å². The van der Waals surface area contributed by atoms with Crippen LogP contribution >= 0.6 is 0 Å². The molecule has 0 spiro atoms. The first-order valence-corrected chi connectivity index (χ1v) is 9.77. The van der Waals surface area contributed by atoms with Gasteiger partial charge < -0.3 is 5.32 Å². The molecule has 0 atom stereocenters. The van der Waals surface area contributed by atoms with Gasteiger partial charge in [-0.25, -0.2) is 8.42 Å². The van der Waals surface area contributed by atoms with E-state index in [1.165, 1.54) is 36.4 Å². The zero-order valence-electron chi connectivity index (χ0n) is 12.5. The molecule has 1 aliphatic rings. The SMILES string of the molecule is CNc1ccc(S(=O)(=O)N=C2C=CC(=NS(C)(=O)=O)C=C2)cc1. The van der Waals surface area contributed by atoms with Crippen LogP contribution in [0, 0.1) is 0 Å². The van der Waals surface area contributed by atoms with Crippen LogP contribution < -0.4 is 5.32 Å². The number of anilines is 1. The number of benzene rings is 1. The van der Waals surface area contributed by atoms with Crippen molar-refractivity contribution in [3.63, 3.8) is 0 Å². The largest absolute Gasteiger partial charge is 0.388 e. The topological polar surface area (TPSA) is 105 Å². The zero-order valence-corrected chi connectivity index (χ0v) is 14.1. The Bertz CT molecular complexity index is 905. The average molecular weight is 353 g/mol. The number of rotatable bonds is 4. The maximum Gasteiger partial charge on any atom is 0.282 e. The van der Waals surface area contributed by atoms with Gasteiger partial charge in [0.15, 0.2) is 0 Å². The highest BCUT2D eigenvalue weighted by atomic mass is 32.2. The van der Waals surface area contributed by atoms with Gasteiger partial charge >= 0.3 is 0 Å². The molecule has 9 heteroatoms. The zero-order chi connectivity index (χ0) is 17.1. The average Bonchev–Trinajstić information content (AvgIpc) is 2.48. The Balaban J connectivity index is 2.27. The van der Waals surface area contributed by atoms with Gasteiger partial charge in [-0.15, -0.1) is 0 Å². The molecule has 1 N–H and O–H groups in total. The molecule has 1 aromatic rings. The molecule has 0 amide bonds. The quantitative estimate of drug-likeness (QED) is 0.824. The number of hydrogen-bond donors (Lipinski definition) is 1. The van der Waals surface area contributed by atoms with E-state index in [0.717, 1.165) is 11.9 Å². The van der Waals surface area contributed by atoms with Gasteiger partial charge in [-0.3, -0.25) is 0 Å². The summed E-state index contributed by atoms with van der Waals surface area (Å²) >= 11 is 0. The molecule has 1 aliphatic carbocycles. The Morgan fingerprint density at radius 2 is 1.30 bits per heavy atom. The van der Waals surface area contributed by atoms with Crippen molar-refractivity contribution in [2.75, 3.05) is 18.6 Å². The number of sulfonamides is 2. The molecule has 1 aromatic carbocycles. The smallest absolute Gasteiger partial charge is 0.282 e. The highest BCUT2D eigenvalue weighted by Gasteiger charge is 2.14. The lowest BCUT2D eigenvalue weighted by atomic mass is 10.1. The first-order chi connectivity index (χ1) is 10.7. The molecule has 0 aliphatic heterocycles. The fourth-order valence-electron chi connectivity index (χ4n) is 1.75. The van der Waals surface area contributed by atoms with Crippen LogP contribution in [-0.2, 0) is 20.0 Å². The Morgan fingerprint density at radius 1 is 0.826 bits per heavy atom. The Hall–Kier alpha value is -2.26. The molecule has 0 saturated heterocycles. The predicted octanol–water partition coefficient (Wildman–Crippen LogP) is 1.38. The standard InChI is InChI=1S/C14H15N3O4S2/c1-15-11-7-9-14(10-8-11)23(20,21)17-13-5-3-12(4-6-13)16-22(2,18)19/h3-10,15H,1-2H3. The van der Waals surface area contributed by atoms with Crippen molar-refractivity contribution in [1.82, 2.24) is 0 Å². The summed E-state index contributed by atoms with van der Waals surface area (Å²) in [5.41, 5.74) is 1.19. The second-order valence-corrected chi connectivity index (χ2v) is 7.93. The molecule has 7 nitrogen and oxygen atoms in total. The third kappa shape index (κ3) is 4.86. The fourth-order valence-corrected chi connectivity index (χ4v) is 3.24. The Morgan fingerprint density at radius 3 is 1.74 bits per heavy atom. The summed E-state index contributed by atoms with van der Waals surface area (Å²) in [6.45, 7) is 0. The van der Waals surface area contributed by atoms with Gasteiger partial charge in [0, 0.05) is 12.7 Å². The summed E-state index contributed by atoms with van der Waals surface area (Å²) in [5, 5.41) is 2.90. The number of nitrogens with one attached hydrogen (secondary N) is 1. The van der Waals surface area contributed by atoms with Gasteiger partial charge in [-0.05, 0) is 48.6 Å². The summed E-state index contributed by atoms with van der Waals surface area (Å²) in [6.07, 6.45) is 6.54. The minimum absolute atomic E-state index is 0.0707. The summed E-state index contributed by atoms with van der Waals surface area (Å²) in [6, 6.07) is 6.18. The number of nitrogens with zero attached hydrogens (tertiary/aromatic N) is 2. The van der Waals surface area contributed by atoms with Crippen molar-refractivity contribution in [2.24, 2.45) is 8.80 Å². The van der Waals surface area contributed by atoms with E-state index in [1.807, 2.05) is 0 Å². The van der Waals surface area contributed by atoms with Crippen LogP contribution in [0.5, 0.6) is 0 Å². The first-order valence-electron chi connectivity index (χ1n) is 6.48. The van der Waals surface area contributed by atoms with Gasteiger partial charge in [0.25, 0.3) is 20.0 Å². The molecule has 0 radical (unpaired) electrons. The lowest BCUT2D eigenvalue weighted by Crippen LogP contribution is -2.06. The highest BCUT2D eigenvalue weighted by Crippen LogP contribution is 2.16. The number of allylic oxidation sites excluding steroid dienone is 4. The van der Waals surface area contributed by atoms with E-state index in [1.54, 1.807) is 19.2 Å². The number of hydrogen-bond acceptors (Lipinski definition) is 5. The van der Waals surface area contributed by atoms with Crippen LogP contribution in [-0.4, -0.2) is 41.6 Å². The van der Waals surface area contributed by atoms with Crippen molar-refractivity contribution in [3.05, 3.63) is 48.6 Å². The first kappa shape index (κ1) is 17.1. The van der Waals surface area contributed by atoms with Gasteiger partial charge in [-0.1, -0.05) is 0 Å². The van der Waals surface area contributed by atoms with Crippen molar-refractivity contribution in [2.45, 2.75) is 4.90 Å². The Labute approximate surface area is 135 Å². The highest BCUT2D eigenvalue weighted by molar-refractivity contribution is 7.90. The van der Waals surface area contributed by atoms with Gasteiger partial charge in [0.05, 0.1) is 22.6 Å². The van der Waals surface area contributed by atoms with E-state index in [4.69, 9.17) is 0 Å². The molecule has 0 fully saturated rings. The summed E-state index contributed by atoms with van der Waals surface area (Å²) in [7, 11) is -5.61. The normalized spacial score (nSPS) is 14.7. The molecule has 2 rings (SSSR count). The molecule has 0 bridgehead atoms. The van der Waals surface area contributed by atoms with E-state index in [9.17, 15) is 16.8 Å². The molecular formula is C14H15N3O4S2. The van der Waals surface area contributed by atoms with Crippen molar-refractivity contribution in [1.29, 1.82) is 0 Å². The molecule has 0 unspecified atom stereocenters. The molecule has 0 heterocycles. The van der Waals surface area contributed by atoms with E-state index >= 15 is 0 Å². The van der Waals surface area contributed by atoms with Crippen LogP contribution in [0.15, 0.2) is 62.3 Å². The molecule has 23 heavy (non-hydrogen) atoms. The summed E-state index contributed by atoms with van der Waals surface area (Å²) < 4.78 is 53.7. The Kier molecular flexibility index (Phi) is 4.81. The van der Waals surface area contributed by atoms with Crippen molar-refractivity contribution >= 4 is 37.2 Å². The third-order valence-electron chi connectivity index (χ3n) is 2.79. The summed E-state index contributed by atoms with van der Waals surface area (Å²) in [4.78, 5) is 0.0707. The van der Waals surface area contributed by atoms with E-state index < -0.39 is 20.0 Å². The molecule has 0 aromatic heterocycles. The minimum Gasteiger partial charge on any atom is -0.388 e. The maximum absolute atomic E-state index is 12.2. The fraction of sp³-hybridized carbons (Fsp3) is 0.143. The lowest BCUT2D eigenvalue weighted by Gasteiger charge is -2.04. The van der Waals surface area contributed by atoms with Gasteiger partial charge in [-0.2, -0.15) is 17.2 Å². The van der Waals surface area contributed by atoms with Crippen LogP contribution in [0.3, 0.4) is 0 Å². The van der Waals surface area contributed by atoms with E-state index in [0.29, 0.717) is 0 Å². The van der Waals surface area contributed by atoms with Gasteiger partial charge in [0.2, 0.25) is 0 Å². The molecule has 0 saturated carbocycles. The maximum atomic E-state index is 12.2. The second kappa shape index (κ2) is 6.47. The second-order valence-electron chi connectivity index (χ2n) is 4.68. The monoisotopic (exact) mass is 353 g/mol. The van der Waals surface area contributed by atoms with Crippen LogP contribution in [0.1, 0.15) is 0 Å². The third-order valence-corrected chi connectivity index (χ3v) is 4.65. The summed E-state index contributed by atoms with van der Waals surface area (Å²) in [5.74, 6) is 0.